The SMILES string of the molecule is CC(C)[Si](C#Cc1ccccc1-c1cc(C(F)(F)F)ccc1P)(C(C)C)C(C)C. The van der Waals surface area contributed by atoms with Gasteiger partial charge in [0.2, 0.25) is 0 Å². The Balaban J connectivity index is 2.67. The van der Waals surface area contributed by atoms with Gasteiger partial charge >= 0.3 is 6.18 Å². The van der Waals surface area contributed by atoms with E-state index in [4.69, 9.17) is 0 Å². The molecular formula is C24H30F3PSi. The molecule has 29 heavy (non-hydrogen) atoms. The van der Waals surface area contributed by atoms with Crippen molar-refractivity contribution < 1.29 is 13.2 Å². The molecule has 0 nitrogen and oxygen atoms in total. The average molecular weight is 435 g/mol. The molecule has 0 saturated carbocycles. The fourth-order valence-electron chi connectivity index (χ4n) is 4.40. The third-order valence-electron chi connectivity index (χ3n) is 5.88. The zero-order valence-corrected chi connectivity index (χ0v) is 20.1. The predicted octanol–water partition coefficient (Wildman–Crippen LogP) is 7.44. The van der Waals surface area contributed by atoms with Crippen molar-refractivity contribution in [1.29, 1.82) is 0 Å². The van der Waals surface area contributed by atoms with Crippen molar-refractivity contribution in [2.45, 2.75) is 64.3 Å². The molecule has 0 bridgehead atoms. The summed E-state index contributed by atoms with van der Waals surface area (Å²) in [6.45, 7) is 13.5. The van der Waals surface area contributed by atoms with Gasteiger partial charge < -0.3 is 0 Å². The minimum Gasteiger partial charge on any atom is -0.166 e. The van der Waals surface area contributed by atoms with Crippen molar-refractivity contribution in [3.05, 3.63) is 53.6 Å². The molecule has 0 saturated heterocycles. The molecule has 0 aliphatic heterocycles. The van der Waals surface area contributed by atoms with Gasteiger partial charge in [0.15, 0.2) is 0 Å². The Morgan fingerprint density at radius 1 is 0.828 bits per heavy atom. The largest absolute Gasteiger partial charge is 0.416 e. The highest BCUT2D eigenvalue weighted by atomic mass is 31.0. The van der Waals surface area contributed by atoms with Crippen LogP contribution in [0.5, 0.6) is 0 Å². The van der Waals surface area contributed by atoms with E-state index in [1.807, 2.05) is 24.3 Å². The molecule has 0 amide bonds. The van der Waals surface area contributed by atoms with Crippen molar-refractivity contribution in [1.82, 2.24) is 0 Å². The van der Waals surface area contributed by atoms with E-state index in [0.717, 1.165) is 22.5 Å². The van der Waals surface area contributed by atoms with Gasteiger partial charge in [-0.15, -0.1) is 14.8 Å². The molecule has 2 rings (SSSR count). The molecule has 0 N–H and O–H groups in total. The van der Waals surface area contributed by atoms with Crippen LogP contribution in [0.1, 0.15) is 52.7 Å². The molecule has 5 heteroatoms. The molecule has 0 fully saturated rings. The Labute approximate surface area is 176 Å². The fraction of sp³-hybridized carbons (Fsp3) is 0.417. The van der Waals surface area contributed by atoms with Crippen LogP contribution in [0.2, 0.25) is 16.6 Å². The topological polar surface area (TPSA) is 0 Å². The summed E-state index contributed by atoms with van der Waals surface area (Å²) in [7, 11) is 0.609. The van der Waals surface area contributed by atoms with E-state index in [0.29, 0.717) is 22.2 Å². The normalized spacial score (nSPS) is 12.4. The number of alkyl halides is 3. The highest BCUT2D eigenvalue weighted by Crippen LogP contribution is 2.41. The molecule has 0 aliphatic rings. The van der Waals surface area contributed by atoms with Crippen molar-refractivity contribution >= 4 is 22.6 Å². The van der Waals surface area contributed by atoms with Crippen LogP contribution in [0, 0.1) is 11.5 Å². The Morgan fingerprint density at radius 3 is 1.90 bits per heavy atom. The predicted molar refractivity (Wildman–Crippen MR) is 124 cm³/mol. The van der Waals surface area contributed by atoms with Crippen LogP contribution < -0.4 is 5.30 Å². The summed E-state index contributed by atoms with van der Waals surface area (Å²) >= 11 is 0. The first-order valence-corrected chi connectivity index (χ1v) is 12.8. The molecule has 2 aromatic rings. The van der Waals surface area contributed by atoms with Crippen LogP contribution in [0.3, 0.4) is 0 Å². The lowest BCUT2D eigenvalue weighted by atomic mass is 9.98. The molecule has 2 aromatic carbocycles. The third-order valence-corrected chi connectivity index (χ3v) is 12.7. The lowest BCUT2D eigenvalue weighted by Crippen LogP contribution is -2.43. The minimum absolute atomic E-state index is 0.494. The van der Waals surface area contributed by atoms with Crippen LogP contribution in [-0.2, 0) is 6.18 Å². The molecule has 0 spiro atoms. The summed E-state index contributed by atoms with van der Waals surface area (Å²) in [5.74, 6) is 3.40. The Hall–Kier alpha value is -1.56. The molecule has 156 valence electrons. The standard InChI is InChI=1S/C24H30F3PSi/c1-16(2)29(17(3)4,18(5)6)14-13-19-9-7-8-10-21(19)22-15-20(24(25,26)27)11-12-23(22)28/h7-12,15-18H,28H2,1-6H3. The molecule has 1 atom stereocenters. The van der Waals surface area contributed by atoms with Crippen LogP contribution in [0.15, 0.2) is 42.5 Å². The van der Waals surface area contributed by atoms with Gasteiger partial charge in [-0.25, -0.2) is 0 Å². The van der Waals surface area contributed by atoms with E-state index in [1.165, 1.54) is 12.1 Å². The molecular weight excluding hydrogens is 404 g/mol. The quantitative estimate of drug-likeness (QED) is 0.266. The summed E-state index contributed by atoms with van der Waals surface area (Å²) in [6, 6.07) is 11.4. The zero-order valence-electron chi connectivity index (χ0n) is 18.0. The maximum atomic E-state index is 13.3. The van der Waals surface area contributed by atoms with Gasteiger partial charge in [-0.1, -0.05) is 71.7 Å². The molecule has 0 heterocycles. The highest BCUT2D eigenvalue weighted by Gasteiger charge is 2.41. The number of benzene rings is 2. The zero-order chi connectivity index (χ0) is 22.0. The second kappa shape index (κ2) is 9.07. The maximum Gasteiger partial charge on any atom is 0.416 e. The van der Waals surface area contributed by atoms with Gasteiger partial charge in [0.1, 0.15) is 8.07 Å². The average Bonchev–Trinajstić information content (AvgIpc) is 2.61. The summed E-state index contributed by atoms with van der Waals surface area (Å²) in [4.78, 5) is 0. The third kappa shape index (κ3) is 4.96. The smallest absolute Gasteiger partial charge is 0.166 e. The van der Waals surface area contributed by atoms with Crippen LogP contribution in [0.25, 0.3) is 11.1 Å². The van der Waals surface area contributed by atoms with Gasteiger partial charge in [-0.3, -0.25) is 0 Å². The maximum absolute atomic E-state index is 13.3. The van der Waals surface area contributed by atoms with Gasteiger partial charge in [0.05, 0.1) is 5.56 Å². The van der Waals surface area contributed by atoms with Crippen molar-refractivity contribution in [3.63, 3.8) is 0 Å². The molecule has 0 radical (unpaired) electrons. The molecule has 0 aliphatic carbocycles. The van der Waals surface area contributed by atoms with E-state index in [1.54, 1.807) is 0 Å². The molecule has 1 unspecified atom stereocenters. The van der Waals surface area contributed by atoms with E-state index in [-0.39, 0.29) is 0 Å². The second-order valence-corrected chi connectivity index (χ2v) is 14.7. The number of halogens is 3. The summed E-state index contributed by atoms with van der Waals surface area (Å²) in [6.07, 6.45) is -4.37. The summed E-state index contributed by atoms with van der Waals surface area (Å²) in [5, 5.41) is 0.729. The summed E-state index contributed by atoms with van der Waals surface area (Å²) < 4.78 is 39.8. The van der Waals surface area contributed by atoms with Crippen LogP contribution >= 0.6 is 9.24 Å². The van der Waals surface area contributed by atoms with Gasteiger partial charge in [-0.05, 0) is 51.3 Å². The van der Waals surface area contributed by atoms with E-state index < -0.39 is 19.8 Å². The van der Waals surface area contributed by atoms with Gasteiger partial charge in [0, 0.05) is 5.56 Å². The van der Waals surface area contributed by atoms with Gasteiger partial charge in [0.25, 0.3) is 0 Å². The van der Waals surface area contributed by atoms with Gasteiger partial charge in [-0.2, -0.15) is 13.2 Å². The second-order valence-electron chi connectivity index (χ2n) is 8.49. The highest BCUT2D eigenvalue weighted by molar-refractivity contribution is 7.28. The van der Waals surface area contributed by atoms with Crippen LogP contribution in [0.4, 0.5) is 13.2 Å². The number of rotatable bonds is 4. The Morgan fingerprint density at radius 2 is 1.38 bits per heavy atom. The molecule has 0 aromatic heterocycles. The fourth-order valence-corrected chi connectivity index (χ4v) is 9.95. The van der Waals surface area contributed by atoms with Crippen molar-refractivity contribution in [2.75, 3.05) is 0 Å². The van der Waals surface area contributed by atoms with Crippen molar-refractivity contribution in [3.8, 4) is 22.6 Å². The van der Waals surface area contributed by atoms with Crippen molar-refractivity contribution in [2.24, 2.45) is 0 Å². The monoisotopic (exact) mass is 434 g/mol. The number of hydrogen-bond acceptors (Lipinski definition) is 0. The Bertz CT molecular complexity index is 896. The van der Waals surface area contributed by atoms with E-state index >= 15 is 0 Å². The summed E-state index contributed by atoms with van der Waals surface area (Å²) in [5.41, 5.74) is 6.61. The first kappa shape index (κ1) is 23.7. The van der Waals surface area contributed by atoms with Crippen LogP contribution in [-0.4, -0.2) is 8.07 Å². The minimum atomic E-state index is -4.37. The first-order valence-electron chi connectivity index (χ1n) is 10.0. The van der Waals surface area contributed by atoms with E-state index in [9.17, 15) is 13.2 Å². The number of hydrogen-bond donors (Lipinski definition) is 0. The lowest BCUT2D eigenvalue weighted by molar-refractivity contribution is -0.137. The lowest BCUT2D eigenvalue weighted by Gasteiger charge is -2.38. The Kier molecular flexibility index (Phi) is 7.41. The first-order chi connectivity index (χ1) is 13.4. The van der Waals surface area contributed by atoms with E-state index in [2.05, 4.69) is 62.2 Å².